The molecule has 1 aromatic carbocycles. The predicted molar refractivity (Wildman–Crippen MR) is 77.6 cm³/mol. The third-order valence-corrected chi connectivity index (χ3v) is 3.64. The normalized spacial score (nSPS) is 17.5. The second-order valence-corrected chi connectivity index (χ2v) is 5.09. The van der Waals surface area contributed by atoms with E-state index >= 15 is 0 Å². The van der Waals surface area contributed by atoms with Crippen molar-refractivity contribution in [1.82, 2.24) is 0 Å². The average molecular weight is 275 g/mol. The number of carbonyl (C=O) groups excluding carboxylic acids is 2. The zero-order valence-electron chi connectivity index (χ0n) is 12.1. The molecule has 0 aliphatic carbocycles. The number of anilines is 1. The van der Waals surface area contributed by atoms with E-state index in [2.05, 4.69) is 13.0 Å². The summed E-state index contributed by atoms with van der Waals surface area (Å²) in [6, 6.07) is 8.16. The van der Waals surface area contributed by atoms with Crippen molar-refractivity contribution in [2.45, 2.75) is 45.6 Å². The Morgan fingerprint density at radius 1 is 1.30 bits per heavy atom. The molecule has 0 saturated carbocycles. The molecule has 0 fully saturated rings. The maximum Gasteiger partial charge on any atom is 0.306 e. The summed E-state index contributed by atoms with van der Waals surface area (Å²) in [4.78, 5) is 25.6. The summed E-state index contributed by atoms with van der Waals surface area (Å²) in [5, 5.41) is 0. The average Bonchev–Trinajstić information content (AvgIpc) is 2.45. The van der Waals surface area contributed by atoms with Crippen LogP contribution >= 0.6 is 0 Å². The number of carbonyl (C=O) groups is 2. The van der Waals surface area contributed by atoms with Crippen molar-refractivity contribution in [3.63, 3.8) is 0 Å². The second-order valence-electron chi connectivity index (χ2n) is 5.09. The van der Waals surface area contributed by atoms with Crippen molar-refractivity contribution in [3.8, 4) is 0 Å². The standard InChI is InChI=1S/C16H21NO3/c1-3-20-16(19)11-10-15(18)17-12(2)8-9-13-6-4-5-7-14(13)17/h4-7,12H,3,8-11H2,1-2H3. The fourth-order valence-corrected chi connectivity index (χ4v) is 2.63. The smallest absolute Gasteiger partial charge is 0.306 e. The van der Waals surface area contributed by atoms with E-state index in [0.29, 0.717) is 6.61 Å². The molecule has 0 N–H and O–H groups in total. The highest BCUT2D eigenvalue weighted by atomic mass is 16.5. The first-order chi connectivity index (χ1) is 9.63. The van der Waals surface area contributed by atoms with Gasteiger partial charge in [-0.15, -0.1) is 0 Å². The maximum atomic E-state index is 12.4. The number of amides is 1. The number of aryl methyl sites for hydroxylation is 1. The highest BCUT2D eigenvalue weighted by molar-refractivity contribution is 5.96. The van der Waals surface area contributed by atoms with Gasteiger partial charge in [0.15, 0.2) is 0 Å². The Morgan fingerprint density at radius 3 is 2.80 bits per heavy atom. The molecule has 108 valence electrons. The summed E-state index contributed by atoms with van der Waals surface area (Å²) in [7, 11) is 0. The molecule has 1 aliphatic heterocycles. The van der Waals surface area contributed by atoms with Crippen LogP contribution in [-0.2, 0) is 20.7 Å². The van der Waals surface area contributed by atoms with Crippen LogP contribution in [0.25, 0.3) is 0 Å². The third kappa shape index (κ3) is 3.18. The molecule has 0 bridgehead atoms. The minimum atomic E-state index is -0.307. The Kier molecular flexibility index (Phi) is 4.77. The summed E-state index contributed by atoms with van der Waals surface area (Å²) < 4.78 is 4.87. The number of para-hydroxylation sites is 1. The molecular weight excluding hydrogens is 254 g/mol. The summed E-state index contributed by atoms with van der Waals surface area (Å²) >= 11 is 0. The van der Waals surface area contributed by atoms with E-state index in [-0.39, 0.29) is 30.8 Å². The lowest BCUT2D eigenvalue weighted by molar-refractivity contribution is -0.144. The van der Waals surface area contributed by atoms with Gasteiger partial charge in [0.2, 0.25) is 5.91 Å². The van der Waals surface area contributed by atoms with Gasteiger partial charge < -0.3 is 9.64 Å². The van der Waals surface area contributed by atoms with Crippen LogP contribution in [0.1, 0.15) is 38.7 Å². The van der Waals surface area contributed by atoms with Crippen LogP contribution < -0.4 is 4.90 Å². The van der Waals surface area contributed by atoms with Gasteiger partial charge >= 0.3 is 5.97 Å². The van der Waals surface area contributed by atoms with Crippen molar-refractivity contribution in [1.29, 1.82) is 0 Å². The molecule has 0 saturated heterocycles. The molecule has 0 radical (unpaired) electrons. The largest absolute Gasteiger partial charge is 0.466 e. The fourth-order valence-electron chi connectivity index (χ4n) is 2.63. The molecule has 2 rings (SSSR count). The fraction of sp³-hybridized carbons (Fsp3) is 0.500. The van der Waals surface area contributed by atoms with Crippen LogP contribution in [0.3, 0.4) is 0 Å². The molecule has 4 nitrogen and oxygen atoms in total. The number of ether oxygens (including phenoxy) is 1. The van der Waals surface area contributed by atoms with E-state index in [1.54, 1.807) is 6.92 Å². The Hall–Kier alpha value is -1.84. The van der Waals surface area contributed by atoms with Crippen LogP contribution in [0.5, 0.6) is 0 Å². The first-order valence-corrected chi connectivity index (χ1v) is 7.19. The Bertz CT molecular complexity index is 498. The van der Waals surface area contributed by atoms with E-state index in [1.165, 1.54) is 5.56 Å². The number of benzene rings is 1. The summed E-state index contributed by atoms with van der Waals surface area (Å²) in [6.07, 6.45) is 2.32. The second kappa shape index (κ2) is 6.55. The maximum absolute atomic E-state index is 12.4. The SMILES string of the molecule is CCOC(=O)CCC(=O)N1c2ccccc2CCC1C. The molecule has 1 amide bonds. The van der Waals surface area contributed by atoms with Gasteiger partial charge in [-0.05, 0) is 38.3 Å². The van der Waals surface area contributed by atoms with Crippen molar-refractivity contribution in [2.24, 2.45) is 0 Å². The molecule has 4 heteroatoms. The van der Waals surface area contributed by atoms with Crippen molar-refractivity contribution in [2.75, 3.05) is 11.5 Å². The quantitative estimate of drug-likeness (QED) is 0.794. The molecule has 1 aliphatic rings. The van der Waals surface area contributed by atoms with Crippen molar-refractivity contribution < 1.29 is 14.3 Å². The molecule has 1 heterocycles. The molecule has 1 atom stereocenters. The summed E-state index contributed by atoms with van der Waals surface area (Å²) in [6.45, 7) is 4.18. The summed E-state index contributed by atoms with van der Waals surface area (Å²) in [5.74, 6) is -0.309. The first kappa shape index (κ1) is 14.6. The highest BCUT2D eigenvalue weighted by Crippen LogP contribution is 2.31. The zero-order chi connectivity index (χ0) is 14.5. The zero-order valence-corrected chi connectivity index (χ0v) is 12.1. The van der Waals surface area contributed by atoms with Crippen LogP contribution in [-0.4, -0.2) is 24.5 Å². The first-order valence-electron chi connectivity index (χ1n) is 7.19. The highest BCUT2D eigenvalue weighted by Gasteiger charge is 2.27. The van der Waals surface area contributed by atoms with Gasteiger partial charge in [0.1, 0.15) is 0 Å². The van der Waals surface area contributed by atoms with Crippen LogP contribution in [0, 0.1) is 0 Å². The van der Waals surface area contributed by atoms with Gasteiger partial charge in [-0.1, -0.05) is 18.2 Å². The molecule has 1 unspecified atom stereocenters. The lowest BCUT2D eigenvalue weighted by Gasteiger charge is -2.35. The summed E-state index contributed by atoms with van der Waals surface area (Å²) in [5.41, 5.74) is 2.19. The number of hydrogen-bond acceptors (Lipinski definition) is 3. The molecule has 0 aromatic heterocycles. The van der Waals surface area contributed by atoms with Crippen molar-refractivity contribution in [3.05, 3.63) is 29.8 Å². The Balaban J connectivity index is 2.07. The van der Waals surface area contributed by atoms with Gasteiger partial charge in [0.25, 0.3) is 0 Å². The predicted octanol–water partition coefficient (Wildman–Crippen LogP) is 2.70. The van der Waals surface area contributed by atoms with E-state index in [4.69, 9.17) is 4.74 Å². The Morgan fingerprint density at radius 2 is 2.05 bits per heavy atom. The van der Waals surface area contributed by atoms with Crippen LogP contribution in [0.2, 0.25) is 0 Å². The number of fused-ring (bicyclic) bond motifs is 1. The Labute approximate surface area is 119 Å². The van der Waals surface area contributed by atoms with Gasteiger partial charge in [-0.2, -0.15) is 0 Å². The number of rotatable bonds is 4. The monoisotopic (exact) mass is 275 g/mol. The molecule has 20 heavy (non-hydrogen) atoms. The van der Waals surface area contributed by atoms with Gasteiger partial charge in [0.05, 0.1) is 13.0 Å². The van der Waals surface area contributed by atoms with Crippen LogP contribution in [0.4, 0.5) is 5.69 Å². The molecule has 0 spiro atoms. The number of hydrogen-bond donors (Lipinski definition) is 0. The topological polar surface area (TPSA) is 46.6 Å². The number of esters is 1. The van der Waals surface area contributed by atoms with Crippen LogP contribution in [0.15, 0.2) is 24.3 Å². The minimum Gasteiger partial charge on any atom is -0.466 e. The van der Waals surface area contributed by atoms with Gasteiger partial charge in [0, 0.05) is 18.2 Å². The van der Waals surface area contributed by atoms with E-state index in [9.17, 15) is 9.59 Å². The lowest BCUT2D eigenvalue weighted by Crippen LogP contribution is -2.42. The van der Waals surface area contributed by atoms with Crippen molar-refractivity contribution >= 4 is 17.6 Å². The van der Waals surface area contributed by atoms with Gasteiger partial charge in [-0.25, -0.2) is 0 Å². The van der Waals surface area contributed by atoms with E-state index < -0.39 is 0 Å². The molecule has 1 aromatic rings. The van der Waals surface area contributed by atoms with Gasteiger partial charge in [-0.3, -0.25) is 9.59 Å². The van der Waals surface area contributed by atoms with E-state index in [1.807, 2.05) is 23.1 Å². The lowest BCUT2D eigenvalue weighted by atomic mass is 9.96. The molecular formula is C16H21NO3. The third-order valence-electron chi connectivity index (χ3n) is 3.64. The van der Waals surface area contributed by atoms with E-state index in [0.717, 1.165) is 18.5 Å². The minimum absolute atomic E-state index is 0.00213. The number of nitrogens with zero attached hydrogens (tertiary/aromatic N) is 1.